The van der Waals surface area contributed by atoms with E-state index in [1.807, 2.05) is 24.3 Å². The number of benzene rings is 1. The predicted octanol–water partition coefficient (Wildman–Crippen LogP) is 1.87. The third-order valence-corrected chi connectivity index (χ3v) is 2.18. The molecule has 0 saturated heterocycles. The molecule has 0 aliphatic rings. The zero-order valence-electron chi connectivity index (χ0n) is 9.09. The van der Waals surface area contributed by atoms with Crippen molar-refractivity contribution in [2.75, 3.05) is 11.1 Å². The summed E-state index contributed by atoms with van der Waals surface area (Å²) < 4.78 is 0. The van der Waals surface area contributed by atoms with Gasteiger partial charge in [0.2, 0.25) is 5.95 Å². The first-order valence-corrected chi connectivity index (χ1v) is 5.09. The van der Waals surface area contributed by atoms with Gasteiger partial charge in [-0.15, -0.1) is 0 Å². The van der Waals surface area contributed by atoms with Crippen molar-refractivity contribution >= 4 is 17.5 Å². The Morgan fingerprint density at radius 1 is 1.24 bits per heavy atom. The van der Waals surface area contributed by atoms with Gasteiger partial charge in [-0.3, -0.25) is 0 Å². The smallest absolute Gasteiger partial charge is 0.221 e. The highest BCUT2D eigenvalue weighted by molar-refractivity contribution is 5.56. The lowest BCUT2D eigenvalue weighted by molar-refractivity contribution is 1.18. The van der Waals surface area contributed by atoms with Gasteiger partial charge in [0.15, 0.2) is 0 Å². The summed E-state index contributed by atoms with van der Waals surface area (Å²) in [6.45, 7) is 0. The first kappa shape index (κ1) is 10.9. The van der Waals surface area contributed by atoms with Crippen LogP contribution >= 0.6 is 0 Å². The number of nitrogens with one attached hydrogen (secondary N) is 1. The Labute approximate surface area is 98.9 Å². The van der Waals surface area contributed by atoms with E-state index in [9.17, 15) is 0 Å². The molecule has 2 aromatic rings. The Bertz CT molecular complexity index is 542. The lowest BCUT2D eigenvalue weighted by atomic mass is 10.1. The number of hydrogen-bond acceptors (Lipinski definition) is 5. The van der Waals surface area contributed by atoms with E-state index < -0.39 is 0 Å². The van der Waals surface area contributed by atoms with Crippen molar-refractivity contribution < 1.29 is 0 Å². The van der Waals surface area contributed by atoms with Crippen molar-refractivity contribution in [1.29, 1.82) is 5.26 Å². The van der Waals surface area contributed by atoms with Gasteiger partial charge in [-0.25, -0.2) is 4.98 Å². The maximum atomic E-state index is 8.56. The van der Waals surface area contributed by atoms with E-state index in [0.29, 0.717) is 12.2 Å². The summed E-state index contributed by atoms with van der Waals surface area (Å²) in [7, 11) is 0. The number of aromatic nitrogens is 2. The first-order chi connectivity index (χ1) is 8.28. The number of nitrogens with two attached hydrogens (primary N) is 1. The largest absolute Gasteiger partial charge is 0.368 e. The zero-order valence-corrected chi connectivity index (χ0v) is 9.09. The maximum Gasteiger partial charge on any atom is 0.221 e. The average Bonchev–Trinajstić information content (AvgIpc) is 2.32. The fourth-order valence-corrected chi connectivity index (χ4v) is 1.39. The lowest BCUT2D eigenvalue weighted by Crippen LogP contribution is -1.98. The van der Waals surface area contributed by atoms with E-state index >= 15 is 0 Å². The normalized spacial score (nSPS) is 9.59. The second kappa shape index (κ2) is 4.94. The Kier molecular flexibility index (Phi) is 3.17. The number of anilines is 3. The Balaban J connectivity index is 2.11. The molecule has 1 heterocycles. The van der Waals surface area contributed by atoms with Crippen LogP contribution in [0.2, 0.25) is 0 Å². The average molecular weight is 225 g/mol. The lowest BCUT2D eigenvalue weighted by Gasteiger charge is -2.05. The van der Waals surface area contributed by atoms with Gasteiger partial charge in [0.25, 0.3) is 0 Å². The molecule has 2 rings (SSSR count). The molecule has 0 atom stereocenters. The molecule has 0 fully saturated rings. The highest BCUT2D eigenvalue weighted by Crippen LogP contribution is 2.15. The van der Waals surface area contributed by atoms with Crippen LogP contribution in [0, 0.1) is 11.3 Å². The molecule has 0 unspecified atom stereocenters. The quantitative estimate of drug-likeness (QED) is 0.832. The van der Waals surface area contributed by atoms with Gasteiger partial charge >= 0.3 is 0 Å². The molecule has 0 amide bonds. The molecule has 1 aromatic carbocycles. The third-order valence-electron chi connectivity index (χ3n) is 2.18. The molecule has 0 radical (unpaired) electrons. The van der Waals surface area contributed by atoms with Gasteiger partial charge in [0.05, 0.1) is 12.5 Å². The molecule has 1 aromatic heterocycles. The molecule has 0 spiro atoms. The molecular formula is C12H11N5. The van der Waals surface area contributed by atoms with Crippen molar-refractivity contribution in [2.45, 2.75) is 6.42 Å². The Morgan fingerprint density at radius 2 is 2.00 bits per heavy atom. The van der Waals surface area contributed by atoms with Crippen molar-refractivity contribution in [3.8, 4) is 6.07 Å². The predicted molar refractivity (Wildman–Crippen MR) is 65.5 cm³/mol. The first-order valence-electron chi connectivity index (χ1n) is 5.09. The van der Waals surface area contributed by atoms with E-state index in [0.717, 1.165) is 11.3 Å². The van der Waals surface area contributed by atoms with Gasteiger partial charge in [0.1, 0.15) is 5.82 Å². The van der Waals surface area contributed by atoms with E-state index in [-0.39, 0.29) is 5.95 Å². The monoisotopic (exact) mass is 225 g/mol. The molecule has 5 heteroatoms. The minimum Gasteiger partial charge on any atom is -0.368 e. The molecule has 5 nitrogen and oxygen atoms in total. The second-order valence-corrected chi connectivity index (χ2v) is 3.46. The Morgan fingerprint density at radius 3 is 2.65 bits per heavy atom. The minimum atomic E-state index is 0.233. The van der Waals surface area contributed by atoms with Crippen LogP contribution in [-0.2, 0) is 6.42 Å². The van der Waals surface area contributed by atoms with Crippen LogP contribution in [0.25, 0.3) is 0 Å². The van der Waals surface area contributed by atoms with Crippen molar-refractivity contribution in [2.24, 2.45) is 0 Å². The van der Waals surface area contributed by atoms with Crippen LogP contribution < -0.4 is 11.1 Å². The van der Waals surface area contributed by atoms with E-state index in [1.54, 1.807) is 12.3 Å². The molecule has 0 aliphatic heterocycles. The summed E-state index contributed by atoms with van der Waals surface area (Å²) in [6.07, 6.45) is 2.01. The summed E-state index contributed by atoms with van der Waals surface area (Å²) in [6, 6.07) is 11.4. The standard InChI is InChI=1S/C12H11N5/c13-7-5-9-1-3-10(4-2-9)16-11-6-8-15-12(14)17-11/h1-4,6,8H,5H2,(H3,14,15,16,17). The maximum absolute atomic E-state index is 8.56. The number of rotatable bonds is 3. The van der Waals surface area contributed by atoms with Crippen molar-refractivity contribution in [1.82, 2.24) is 9.97 Å². The molecule has 0 saturated carbocycles. The Hall–Kier alpha value is -2.61. The number of nitrogens with zero attached hydrogens (tertiary/aromatic N) is 3. The van der Waals surface area contributed by atoms with E-state index in [2.05, 4.69) is 21.4 Å². The second-order valence-electron chi connectivity index (χ2n) is 3.46. The molecular weight excluding hydrogens is 214 g/mol. The number of nitriles is 1. The van der Waals surface area contributed by atoms with Crippen LogP contribution in [0.5, 0.6) is 0 Å². The summed E-state index contributed by atoms with van der Waals surface area (Å²) in [5.74, 6) is 0.877. The van der Waals surface area contributed by atoms with Crippen molar-refractivity contribution in [3.63, 3.8) is 0 Å². The summed E-state index contributed by atoms with van der Waals surface area (Å²) in [5, 5.41) is 11.7. The summed E-state index contributed by atoms with van der Waals surface area (Å²) >= 11 is 0. The SMILES string of the molecule is N#CCc1ccc(Nc2ccnc(N)n2)cc1. The number of hydrogen-bond donors (Lipinski definition) is 2. The zero-order chi connectivity index (χ0) is 12.1. The number of nitrogen functional groups attached to an aromatic ring is 1. The highest BCUT2D eigenvalue weighted by Gasteiger charge is 1.97. The molecule has 0 bridgehead atoms. The van der Waals surface area contributed by atoms with Gasteiger partial charge in [0, 0.05) is 11.9 Å². The van der Waals surface area contributed by atoms with Gasteiger partial charge < -0.3 is 11.1 Å². The van der Waals surface area contributed by atoms with E-state index in [4.69, 9.17) is 11.0 Å². The van der Waals surface area contributed by atoms with Crippen LogP contribution in [0.15, 0.2) is 36.5 Å². The van der Waals surface area contributed by atoms with Crippen LogP contribution in [-0.4, -0.2) is 9.97 Å². The summed E-state index contributed by atoms with van der Waals surface area (Å²) in [4.78, 5) is 7.84. The topological polar surface area (TPSA) is 87.6 Å². The summed E-state index contributed by atoms with van der Waals surface area (Å²) in [5.41, 5.74) is 7.36. The molecule has 84 valence electrons. The van der Waals surface area contributed by atoms with Gasteiger partial charge in [-0.1, -0.05) is 12.1 Å². The van der Waals surface area contributed by atoms with Gasteiger partial charge in [-0.05, 0) is 23.8 Å². The molecule has 3 N–H and O–H groups in total. The molecule has 0 aliphatic carbocycles. The fourth-order valence-electron chi connectivity index (χ4n) is 1.39. The van der Waals surface area contributed by atoms with Crippen LogP contribution in [0.1, 0.15) is 5.56 Å². The van der Waals surface area contributed by atoms with E-state index in [1.165, 1.54) is 0 Å². The third kappa shape index (κ3) is 2.92. The van der Waals surface area contributed by atoms with Crippen LogP contribution in [0.4, 0.5) is 17.5 Å². The molecule has 17 heavy (non-hydrogen) atoms. The fraction of sp³-hybridized carbons (Fsp3) is 0.0833. The highest BCUT2D eigenvalue weighted by atomic mass is 15.1. The van der Waals surface area contributed by atoms with Crippen LogP contribution in [0.3, 0.4) is 0 Å². The minimum absolute atomic E-state index is 0.233. The van der Waals surface area contributed by atoms with Gasteiger partial charge in [-0.2, -0.15) is 10.2 Å². The van der Waals surface area contributed by atoms with Crippen molar-refractivity contribution in [3.05, 3.63) is 42.1 Å².